The lowest BCUT2D eigenvalue weighted by Gasteiger charge is -2.19. The number of methoxy groups -OCH3 is 2. The Bertz CT molecular complexity index is 373. The second kappa shape index (κ2) is 9.58. The van der Waals surface area contributed by atoms with Crippen molar-refractivity contribution in [1.29, 1.82) is 0 Å². The molecular formula is C15H25NO4. The topological polar surface area (TPSA) is 60.0 Å². The largest absolute Gasteiger partial charge is 0.497 e. The van der Waals surface area contributed by atoms with E-state index < -0.39 is 6.10 Å². The van der Waals surface area contributed by atoms with Gasteiger partial charge in [-0.3, -0.25) is 0 Å². The summed E-state index contributed by atoms with van der Waals surface area (Å²) >= 11 is 0. The summed E-state index contributed by atoms with van der Waals surface area (Å²) in [6.45, 7) is 3.44. The minimum Gasteiger partial charge on any atom is -0.497 e. The fraction of sp³-hybridized carbons (Fsp3) is 0.600. The first kappa shape index (κ1) is 16.8. The molecule has 2 atom stereocenters. The smallest absolute Gasteiger partial charge is 0.123 e. The average Bonchev–Trinajstić information content (AvgIpc) is 2.49. The highest BCUT2D eigenvalue weighted by molar-refractivity contribution is 5.32. The number of rotatable bonds is 10. The number of aliphatic hydroxyl groups is 1. The van der Waals surface area contributed by atoms with Crippen LogP contribution < -0.4 is 14.8 Å². The summed E-state index contributed by atoms with van der Waals surface area (Å²) in [5, 5.41) is 13.1. The number of hydrogen-bond acceptors (Lipinski definition) is 5. The van der Waals surface area contributed by atoms with Crippen LogP contribution in [0.1, 0.15) is 13.3 Å². The van der Waals surface area contributed by atoms with Crippen LogP contribution in [0.3, 0.4) is 0 Å². The van der Waals surface area contributed by atoms with Crippen molar-refractivity contribution in [2.45, 2.75) is 25.5 Å². The Morgan fingerprint density at radius 2 is 1.95 bits per heavy atom. The van der Waals surface area contributed by atoms with E-state index in [1.807, 2.05) is 18.2 Å². The van der Waals surface area contributed by atoms with Gasteiger partial charge >= 0.3 is 0 Å². The van der Waals surface area contributed by atoms with Gasteiger partial charge in [-0.05, 0) is 18.6 Å². The zero-order valence-corrected chi connectivity index (χ0v) is 12.5. The average molecular weight is 283 g/mol. The van der Waals surface area contributed by atoms with Crippen LogP contribution >= 0.6 is 0 Å². The third-order valence-electron chi connectivity index (χ3n) is 2.99. The van der Waals surface area contributed by atoms with Crippen molar-refractivity contribution in [2.24, 2.45) is 0 Å². The molecule has 0 aliphatic rings. The molecule has 2 unspecified atom stereocenters. The van der Waals surface area contributed by atoms with Crippen molar-refractivity contribution in [1.82, 2.24) is 5.32 Å². The first-order chi connectivity index (χ1) is 9.69. The molecule has 1 aromatic rings. The molecule has 0 heterocycles. The third kappa shape index (κ3) is 6.23. The first-order valence-electron chi connectivity index (χ1n) is 6.86. The van der Waals surface area contributed by atoms with Gasteiger partial charge in [-0.25, -0.2) is 0 Å². The quantitative estimate of drug-likeness (QED) is 0.680. The van der Waals surface area contributed by atoms with E-state index in [1.165, 1.54) is 0 Å². The van der Waals surface area contributed by atoms with Gasteiger partial charge in [-0.15, -0.1) is 0 Å². The Morgan fingerprint density at radius 3 is 2.60 bits per heavy atom. The monoisotopic (exact) mass is 283 g/mol. The molecule has 0 amide bonds. The van der Waals surface area contributed by atoms with Gasteiger partial charge < -0.3 is 24.6 Å². The zero-order valence-electron chi connectivity index (χ0n) is 12.5. The van der Waals surface area contributed by atoms with Crippen LogP contribution in [0.4, 0.5) is 0 Å². The van der Waals surface area contributed by atoms with E-state index in [2.05, 4.69) is 12.2 Å². The van der Waals surface area contributed by atoms with E-state index in [-0.39, 0.29) is 12.6 Å². The fourth-order valence-electron chi connectivity index (χ4n) is 1.77. The fourth-order valence-corrected chi connectivity index (χ4v) is 1.77. The van der Waals surface area contributed by atoms with Crippen molar-refractivity contribution >= 4 is 0 Å². The number of benzene rings is 1. The van der Waals surface area contributed by atoms with Gasteiger partial charge in [0.25, 0.3) is 0 Å². The predicted molar refractivity (Wildman–Crippen MR) is 78.5 cm³/mol. The molecule has 114 valence electrons. The molecule has 0 saturated heterocycles. The third-order valence-corrected chi connectivity index (χ3v) is 2.99. The van der Waals surface area contributed by atoms with Crippen LogP contribution in [0.5, 0.6) is 11.5 Å². The van der Waals surface area contributed by atoms with Gasteiger partial charge in [0.15, 0.2) is 0 Å². The van der Waals surface area contributed by atoms with Crippen molar-refractivity contribution in [3.63, 3.8) is 0 Å². The van der Waals surface area contributed by atoms with E-state index in [9.17, 15) is 5.11 Å². The first-order valence-corrected chi connectivity index (χ1v) is 6.86. The highest BCUT2D eigenvalue weighted by Crippen LogP contribution is 2.18. The molecular weight excluding hydrogens is 258 g/mol. The molecule has 0 spiro atoms. The molecule has 2 N–H and O–H groups in total. The lowest BCUT2D eigenvalue weighted by Crippen LogP contribution is -2.39. The van der Waals surface area contributed by atoms with Gasteiger partial charge in [-0.2, -0.15) is 0 Å². The molecule has 0 bridgehead atoms. The summed E-state index contributed by atoms with van der Waals surface area (Å²) in [6.07, 6.45) is 0.393. The maximum absolute atomic E-state index is 9.89. The Kier molecular flexibility index (Phi) is 8.02. The van der Waals surface area contributed by atoms with Crippen molar-refractivity contribution in [2.75, 3.05) is 34.0 Å². The van der Waals surface area contributed by atoms with Crippen LogP contribution in [-0.4, -0.2) is 51.2 Å². The summed E-state index contributed by atoms with van der Waals surface area (Å²) in [7, 11) is 3.28. The number of aliphatic hydroxyl groups excluding tert-OH is 1. The second-order valence-electron chi connectivity index (χ2n) is 4.61. The van der Waals surface area contributed by atoms with Gasteiger partial charge in [0.1, 0.15) is 24.2 Å². The summed E-state index contributed by atoms with van der Waals surface area (Å²) in [6, 6.07) is 7.58. The number of ether oxygens (including phenoxy) is 3. The molecule has 20 heavy (non-hydrogen) atoms. The highest BCUT2D eigenvalue weighted by atomic mass is 16.5. The summed E-state index contributed by atoms with van der Waals surface area (Å²) in [5.41, 5.74) is 0. The van der Waals surface area contributed by atoms with Crippen LogP contribution in [0.2, 0.25) is 0 Å². The molecule has 0 radical (unpaired) electrons. The Morgan fingerprint density at radius 1 is 1.20 bits per heavy atom. The minimum atomic E-state index is -0.563. The van der Waals surface area contributed by atoms with Crippen molar-refractivity contribution < 1.29 is 19.3 Å². The molecule has 1 rings (SSSR count). The minimum absolute atomic E-state index is 0.240. The molecule has 1 aromatic carbocycles. The van der Waals surface area contributed by atoms with E-state index in [4.69, 9.17) is 14.2 Å². The normalized spacial score (nSPS) is 13.8. The summed E-state index contributed by atoms with van der Waals surface area (Å²) in [5.74, 6) is 1.42. The van der Waals surface area contributed by atoms with E-state index >= 15 is 0 Å². The van der Waals surface area contributed by atoms with Crippen LogP contribution in [0.25, 0.3) is 0 Å². The molecule has 0 saturated carbocycles. The van der Waals surface area contributed by atoms with Gasteiger partial charge in [0, 0.05) is 25.8 Å². The molecule has 5 nitrogen and oxygen atoms in total. The molecule has 0 fully saturated rings. The van der Waals surface area contributed by atoms with E-state index in [1.54, 1.807) is 20.3 Å². The number of nitrogens with one attached hydrogen (secondary N) is 1. The van der Waals surface area contributed by atoms with Crippen LogP contribution in [0, 0.1) is 0 Å². The lowest BCUT2D eigenvalue weighted by atomic mass is 10.2. The zero-order chi connectivity index (χ0) is 14.8. The van der Waals surface area contributed by atoms with E-state index in [0.29, 0.717) is 18.9 Å². The Labute approximate surface area is 120 Å². The number of hydrogen-bond donors (Lipinski definition) is 2. The van der Waals surface area contributed by atoms with Crippen LogP contribution in [-0.2, 0) is 4.74 Å². The van der Waals surface area contributed by atoms with Gasteiger partial charge in [-0.1, -0.05) is 13.0 Å². The van der Waals surface area contributed by atoms with Crippen LogP contribution in [0.15, 0.2) is 24.3 Å². The highest BCUT2D eigenvalue weighted by Gasteiger charge is 2.10. The lowest BCUT2D eigenvalue weighted by molar-refractivity contribution is 0.0952. The summed E-state index contributed by atoms with van der Waals surface area (Å²) < 4.78 is 15.7. The SMILES string of the molecule is CCC(COC)NCC(O)COc1cccc(OC)c1. The Hall–Kier alpha value is -1.30. The Balaban J connectivity index is 2.29. The molecule has 0 aromatic heterocycles. The molecule has 5 heteroatoms. The molecule has 0 aliphatic carbocycles. The van der Waals surface area contributed by atoms with Crippen molar-refractivity contribution in [3.8, 4) is 11.5 Å². The maximum Gasteiger partial charge on any atom is 0.123 e. The van der Waals surface area contributed by atoms with Crippen molar-refractivity contribution in [3.05, 3.63) is 24.3 Å². The second-order valence-corrected chi connectivity index (χ2v) is 4.61. The van der Waals surface area contributed by atoms with Gasteiger partial charge in [0.05, 0.1) is 13.7 Å². The molecule has 0 aliphatic heterocycles. The van der Waals surface area contributed by atoms with E-state index in [0.717, 1.165) is 12.2 Å². The van der Waals surface area contributed by atoms with Gasteiger partial charge in [0.2, 0.25) is 0 Å². The maximum atomic E-state index is 9.89. The standard InChI is InChI=1S/C15H25NO4/c1-4-12(10-18-2)16-9-13(17)11-20-15-7-5-6-14(8-15)19-3/h5-8,12-13,16-17H,4,9-11H2,1-3H3. The predicted octanol–water partition coefficient (Wildman–Crippen LogP) is 1.45. The summed E-state index contributed by atoms with van der Waals surface area (Å²) in [4.78, 5) is 0.